The number of carbonyl (C=O) groups is 2. The molecule has 7 nitrogen and oxygen atoms in total. The third-order valence-corrected chi connectivity index (χ3v) is 6.85. The molecule has 2 N–H and O–H groups in total. The number of methoxy groups -OCH3 is 2. The predicted octanol–water partition coefficient (Wildman–Crippen LogP) is 1.50. The Kier molecular flexibility index (Phi) is 6.86. The molecule has 10 heteroatoms. The standard InChI is InChI=1S/C18H20N2O5S3/c1-24-11-4-3-10(14(6-11)25-2)5-15-17(23)20(18(26)28-15)7-16(22)19-12-8-27-9-13(12)21/h3-6,12-13,21H,7-9H2,1-2H3,(H,19,22)/t12-,13+/m1/s1. The number of amides is 2. The van der Waals surface area contributed by atoms with Crippen LogP contribution in [0, 0.1) is 0 Å². The first kappa shape index (κ1) is 21.0. The summed E-state index contributed by atoms with van der Waals surface area (Å²) in [5, 5.41) is 12.6. The molecule has 2 amide bonds. The minimum atomic E-state index is -0.567. The predicted molar refractivity (Wildman–Crippen MR) is 115 cm³/mol. The zero-order valence-corrected chi connectivity index (χ0v) is 17.8. The van der Waals surface area contributed by atoms with E-state index in [0.717, 1.165) is 11.8 Å². The van der Waals surface area contributed by atoms with Crippen LogP contribution in [0.4, 0.5) is 0 Å². The van der Waals surface area contributed by atoms with Gasteiger partial charge in [0.25, 0.3) is 5.91 Å². The maximum atomic E-state index is 12.7. The first-order chi connectivity index (χ1) is 13.4. The molecule has 2 heterocycles. The highest BCUT2D eigenvalue weighted by molar-refractivity contribution is 8.26. The molecule has 0 saturated carbocycles. The van der Waals surface area contributed by atoms with Gasteiger partial charge in [0.15, 0.2) is 0 Å². The summed E-state index contributed by atoms with van der Waals surface area (Å²) in [6.07, 6.45) is 1.12. The highest BCUT2D eigenvalue weighted by Gasteiger charge is 2.35. The summed E-state index contributed by atoms with van der Waals surface area (Å²) in [5.41, 5.74) is 0.708. The number of thiocarbonyl (C=S) groups is 1. The fourth-order valence-electron chi connectivity index (χ4n) is 2.79. The zero-order chi connectivity index (χ0) is 20.3. The Morgan fingerprint density at radius 3 is 2.82 bits per heavy atom. The summed E-state index contributed by atoms with van der Waals surface area (Å²) in [6.45, 7) is -0.171. The van der Waals surface area contributed by atoms with Crippen LogP contribution in [0.1, 0.15) is 5.56 Å². The molecule has 2 aliphatic heterocycles. The van der Waals surface area contributed by atoms with Crippen molar-refractivity contribution in [3.63, 3.8) is 0 Å². The van der Waals surface area contributed by atoms with E-state index in [4.69, 9.17) is 21.7 Å². The molecule has 0 unspecified atom stereocenters. The van der Waals surface area contributed by atoms with E-state index in [0.29, 0.717) is 37.8 Å². The highest BCUT2D eigenvalue weighted by atomic mass is 32.2. The van der Waals surface area contributed by atoms with Crippen LogP contribution in [-0.2, 0) is 9.59 Å². The Hall–Kier alpha value is -1.75. The van der Waals surface area contributed by atoms with E-state index >= 15 is 0 Å². The molecule has 2 atom stereocenters. The van der Waals surface area contributed by atoms with E-state index in [2.05, 4.69) is 5.32 Å². The van der Waals surface area contributed by atoms with Crippen LogP contribution < -0.4 is 14.8 Å². The van der Waals surface area contributed by atoms with Gasteiger partial charge in [-0.25, -0.2) is 0 Å². The van der Waals surface area contributed by atoms with Crippen molar-refractivity contribution in [2.24, 2.45) is 0 Å². The van der Waals surface area contributed by atoms with Crippen LogP contribution in [0.3, 0.4) is 0 Å². The summed E-state index contributed by atoms with van der Waals surface area (Å²) in [7, 11) is 3.10. The molecular weight excluding hydrogens is 420 g/mol. The fourth-order valence-corrected chi connectivity index (χ4v) is 5.21. The third kappa shape index (κ3) is 4.62. The summed E-state index contributed by atoms with van der Waals surface area (Å²) < 4.78 is 10.9. The van der Waals surface area contributed by atoms with Crippen LogP contribution >= 0.6 is 35.7 Å². The zero-order valence-electron chi connectivity index (χ0n) is 15.3. The lowest BCUT2D eigenvalue weighted by molar-refractivity contribution is -0.129. The molecule has 0 radical (unpaired) electrons. The molecule has 28 heavy (non-hydrogen) atoms. The summed E-state index contributed by atoms with van der Waals surface area (Å²) in [5.74, 6) is 1.79. The second-order valence-electron chi connectivity index (χ2n) is 6.15. The number of aliphatic hydroxyl groups is 1. The van der Waals surface area contributed by atoms with Crippen molar-refractivity contribution in [3.05, 3.63) is 28.7 Å². The number of carbonyl (C=O) groups excluding carboxylic acids is 2. The first-order valence-corrected chi connectivity index (χ1v) is 10.8. The normalized spacial score (nSPS) is 23.4. The van der Waals surface area contributed by atoms with Crippen molar-refractivity contribution < 1.29 is 24.2 Å². The second kappa shape index (κ2) is 9.17. The van der Waals surface area contributed by atoms with Gasteiger partial charge < -0.3 is 19.9 Å². The average molecular weight is 441 g/mol. The molecule has 3 rings (SSSR count). The number of hydrogen-bond acceptors (Lipinski definition) is 8. The lowest BCUT2D eigenvalue weighted by Crippen LogP contribution is -2.47. The van der Waals surface area contributed by atoms with Gasteiger partial charge in [0, 0.05) is 23.1 Å². The number of rotatable bonds is 6. The van der Waals surface area contributed by atoms with Gasteiger partial charge in [0.1, 0.15) is 22.4 Å². The number of hydrogen-bond donors (Lipinski definition) is 2. The maximum absolute atomic E-state index is 12.7. The van der Waals surface area contributed by atoms with Gasteiger partial charge in [-0.05, 0) is 18.2 Å². The van der Waals surface area contributed by atoms with Gasteiger partial charge in [0.05, 0.1) is 31.3 Å². The molecule has 0 bridgehead atoms. The number of thioether (sulfide) groups is 2. The van der Waals surface area contributed by atoms with Crippen molar-refractivity contribution in [2.45, 2.75) is 12.1 Å². The quantitative estimate of drug-likeness (QED) is 0.508. The average Bonchev–Trinajstić information content (AvgIpc) is 3.19. The SMILES string of the molecule is COc1ccc(C=C2SC(=S)N(CC(=O)N[C@@H]3CSC[C@@H]3O)C2=O)c(OC)c1. The number of aliphatic hydroxyl groups excluding tert-OH is 1. The smallest absolute Gasteiger partial charge is 0.266 e. The number of ether oxygens (including phenoxy) is 2. The van der Waals surface area contributed by atoms with Gasteiger partial charge in [-0.2, -0.15) is 11.8 Å². The fraction of sp³-hybridized carbons (Fsp3) is 0.389. The van der Waals surface area contributed by atoms with Gasteiger partial charge in [-0.3, -0.25) is 14.5 Å². The monoisotopic (exact) mass is 440 g/mol. The van der Waals surface area contributed by atoms with Crippen LogP contribution in [-0.4, -0.2) is 70.6 Å². The van der Waals surface area contributed by atoms with Crippen molar-refractivity contribution >= 4 is 58.0 Å². The molecule has 0 spiro atoms. The molecule has 0 aliphatic carbocycles. The van der Waals surface area contributed by atoms with Crippen LogP contribution in [0.15, 0.2) is 23.1 Å². The lowest BCUT2D eigenvalue weighted by Gasteiger charge is -2.18. The van der Waals surface area contributed by atoms with Crippen molar-refractivity contribution in [2.75, 3.05) is 32.3 Å². The number of nitrogens with zero attached hydrogens (tertiary/aromatic N) is 1. The summed E-state index contributed by atoms with van der Waals surface area (Å²) >= 11 is 8.00. The second-order valence-corrected chi connectivity index (χ2v) is 8.91. The van der Waals surface area contributed by atoms with E-state index in [1.165, 1.54) is 12.0 Å². The topological polar surface area (TPSA) is 88.1 Å². The Morgan fingerprint density at radius 1 is 1.39 bits per heavy atom. The molecule has 2 aliphatic rings. The van der Waals surface area contributed by atoms with E-state index in [-0.39, 0.29) is 24.4 Å². The maximum Gasteiger partial charge on any atom is 0.266 e. The van der Waals surface area contributed by atoms with Gasteiger partial charge >= 0.3 is 0 Å². The van der Waals surface area contributed by atoms with Crippen LogP contribution in [0.5, 0.6) is 11.5 Å². The highest BCUT2D eigenvalue weighted by Crippen LogP contribution is 2.35. The number of benzene rings is 1. The molecule has 2 fully saturated rings. The summed E-state index contributed by atoms with van der Waals surface area (Å²) in [4.78, 5) is 26.7. The Labute approximate surface area is 176 Å². The summed E-state index contributed by atoms with van der Waals surface area (Å²) in [6, 6.07) is 4.99. The van der Waals surface area contributed by atoms with Crippen molar-refractivity contribution in [3.8, 4) is 11.5 Å². The number of nitrogens with one attached hydrogen (secondary N) is 1. The van der Waals surface area contributed by atoms with Crippen molar-refractivity contribution in [1.29, 1.82) is 0 Å². The van der Waals surface area contributed by atoms with Gasteiger partial charge in [-0.1, -0.05) is 24.0 Å². The van der Waals surface area contributed by atoms with E-state index in [1.807, 2.05) is 0 Å². The minimum absolute atomic E-state index is 0.171. The third-order valence-electron chi connectivity index (χ3n) is 4.30. The molecule has 1 aromatic carbocycles. The Balaban J connectivity index is 1.71. The van der Waals surface area contributed by atoms with Crippen molar-refractivity contribution in [1.82, 2.24) is 10.2 Å². The molecule has 1 aromatic rings. The largest absolute Gasteiger partial charge is 0.497 e. The van der Waals surface area contributed by atoms with Crippen LogP contribution in [0.25, 0.3) is 6.08 Å². The van der Waals surface area contributed by atoms with E-state index in [1.54, 1.807) is 43.1 Å². The molecule has 0 aromatic heterocycles. The van der Waals surface area contributed by atoms with E-state index in [9.17, 15) is 14.7 Å². The molecular formula is C18H20N2O5S3. The van der Waals surface area contributed by atoms with Gasteiger partial charge in [-0.15, -0.1) is 0 Å². The van der Waals surface area contributed by atoms with Crippen LogP contribution in [0.2, 0.25) is 0 Å². The Bertz CT molecular complexity index is 829. The molecule has 2 saturated heterocycles. The van der Waals surface area contributed by atoms with E-state index < -0.39 is 6.10 Å². The minimum Gasteiger partial charge on any atom is -0.497 e. The van der Waals surface area contributed by atoms with Gasteiger partial charge in [0.2, 0.25) is 5.91 Å². The Morgan fingerprint density at radius 2 is 2.18 bits per heavy atom. The molecule has 150 valence electrons. The lowest BCUT2D eigenvalue weighted by atomic mass is 10.1. The first-order valence-electron chi connectivity index (χ1n) is 8.45.